The molecule has 9 nitrogen and oxygen atoms in total. The summed E-state index contributed by atoms with van der Waals surface area (Å²) in [6.45, 7) is 1.66. The summed E-state index contributed by atoms with van der Waals surface area (Å²) in [5, 5.41) is 4.85. The Hall–Kier alpha value is -2.97. The van der Waals surface area contributed by atoms with E-state index in [-0.39, 0.29) is 5.56 Å². The second-order valence-electron chi connectivity index (χ2n) is 6.71. The van der Waals surface area contributed by atoms with Gasteiger partial charge in [0.25, 0.3) is 5.56 Å². The fourth-order valence-corrected chi connectivity index (χ4v) is 3.57. The SMILES string of the molecule is CN(c1ccncn1)C1CCN(c2nc3nn(C)cc3c(=O)n2C)CC1. The Bertz CT molecular complexity index is 972. The van der Waals surface area contributed by atoms with Gasteiger partial charge in [-0.25, -0.2) is 9.97 Å². The molecule has 4 heterocycles. The van der Waals surface area contributed by atoms with Gasteiger partial charge in [0.05, 0.1) is 0 Å². The molecule has 3 aromatic rings. The number of anilines is 2. The van der Waals surface area contributed by atoms with Crippen molar-refractivity contribution in [2.45, 2.75) is 18.9 Å². The molecule has 0 amide bonds. The highest BCUT2D eigenvalue weighted by atomic mass is 16.1. The van der Waals surface area contributed by atoms with Crippen molar-refractivity contribution in [3.8, 4) is 0 Å². The summed E-state index contributed by atoms with van der Waals surface area (Å²) in [4.78, 5) is 29.9. The highest BCUT2D eigenvalue weighted by Gasteiger charge is 2.26. The molecule has 9 heteroatoms. The van der Waals surface area contributed by atoms with Crippen molar-refractivity contribution in [1.29, 1.82) is 0 Å². The summed E-state index contributed by atoms with van der Waals surface area (Å²) < 4.78 is 3.25. The first-order chi connectivity index (χ1) is 12.5. The first kappa shape index (κ1) is 16.5. The number of hydrogen-bond donors (Lipinski definition) is 0. The van der Waals surface area contributed by atoms with E-state index >= 15 is 0 Å². The van der Waals surface area contributed by atoms with Crippen LogP contribution in [0.1, 0.15) is 12.8 Å². The van der Waals surface area contributed by atoms with E-state index in [9.17, 15) is 4.79 Å². The third-order valence-electron chi connectivity index (χ3n) is 5.07. The molecule has 0 aromatic carbocycles. The van der Waals surface area contributed by atoms with Gasteiger partial charge in [-0.05, 0) is 18.9 Å². The van der Waals surface area contributed by atoms with Crippen molar-refractivity contribution in [3.63, 3.8) is 0 Å². The normalized spacial score (nSPS) is 15.6. The Balaban J connectivity index is 1.54. The summed E-state index contributed by atoms with van der Waals surface area (Å²) in [7, 11) is 5.64. The minimum Gasteiger partial charge on any atom is -0.356 e. The fourth-order valence-electron chi connectivity index (χ4n) is 3.57. The number of rotatable bonds is 3. The zero-order chi connectivity index (χ0) is 18.3. The number of aromatic nitrogens is 6. The lowest BCUT2D eigenvalue weighted by atomic mass is 10.0. The Morgan fingerprint density at radius 3 is 2.69 bits per heavy atom. The first-order valence-electron chi connectivity index (χ1n) is 8.69. The van der Waals surface area contributed by atoms with Crippen LogP contribution < -0.4 is 15.4 Å². The summed E-state index contributed by atoms with van der Waals surface area (Å²) in [5.41, 5.74) is 0.448. The molecule has 3 aromatic heterocycles. The minimum atomic E-state index is -0.0571. The van der Waals surface area contributed by atoms with Crippen molar-refractivity contribution < 1.29 is 0 Å². The number of piperidine rings is 1. The van der Waals surface area contributed by atoms with Gasteiger partial charge < -0.3 is 9.80 Å². The van der Waals surface area contributed by atoms with Crippen LogP contribution >= 0.6 is 0 Å². The largest absolute Gasteiger partial charge is 0.356 e. The number of fused-ring (bicyclic) bond motifs is 1. The average Bonchev–Trinajstić information content (AvgIpc) is 3.05. The average molecular weight is 354 g/mol. The lowest BCUT2D eigenvalue weighted by molar-refractivity contribution is 0.471. The highest BCUT2D eigenvalue weighted by molar-refractivity contribution is 5.74. The maximum absolute atomic E-state index is 12.6. The molecule has 136 valence electrons. The number of nitrogens with zero attached hydrogens (tertiary/aromatic N) is 8. The van der Waals surface area contributed by atoms with E-state index in [2.05, 4.69) is 36.9 Å². The highest BCUT2D eigenvalue weighted by Crippen LogP contribution is 2.23. The molecule has 1 aliphatic heterocycles. The van der Waals surface area contributed by atoms with Crippen LogP contribution in [0.15, 0.2) is 29.6 Å². The lowest BCUT2D eigenvalue weighted by Crippen LogP contribution is -2.45. The molecular formula is C17H22N8O. The van der Waals surface area contributed by atoms with Gasteiger partial charge in [-0.2, -0.15) is 10.1 Å². The van der Waals surface area contributed by atoms with Crippen molar-refractivity contribution in [2.24, 2.45) is 14.1 Å². The lowest BCUT2D eigenvalue weighted by Gasteiger charge is -2.37. The summed E-state index contributed by atoms with van der Waals surface area (Å²) >= 11 is 0. The van der Waals surface area contributed by atoms with Crippen molar-refractivity contribution in [2.75, 3.05) is 29.9 Å². The zero-order valence-corrected chi connectivity index (χ0v) is 15.2. The van der Waals surface area contributed by atoms with Crippen LogP contribution in [-0.4, -0.2) is 55.5 Å². The van der Waals surface area contributed by atoms with E-state index in [0.717, 1.165) is 31.7 Å². The molecular weight excluding hydrogens is 332 g/mol. The molecule has 0 bridgehead atoms. The maximum Gasteiger partial charge on any atom is 0.265 e. The van der Waals surface area contributed by atoms with Gasteiger partial charge in [-0.1, -0.05) is 0 Å². The van der Waals surface area contributed by atoms with Crippen LogP contribution in [0.2, 0.25) is 0 Å². The van der Waals surface area contributed by atoms with Gasteiger partial charge in [0.15, 0.2) is 5.65 Å². The van der Waals surface area contributed by atoms with Crippen LogP contribution in [0.5, 0.6) is 0 Å². The van der Waals surface area contributed by atoms with Gasteiger partial charge in [0.1, 0.15) is 17.5 Å². The van der Waals surface area contributed by atoms with Crippen LogP contribution in [0.4, 0.5) is 11.8 Å². The van der Waals surface area contributed by atoms with E-state index in [4.69, 9.17) is 0 Å². The Morgan fingerprint density at radius 1 is 1.23 bits per heavy atom. The minimum absolute atomic E-state index is 0.0571. The molecule has 0 aliphatic carbocycles. The number of aryl methyl sites for hydroxylation is 1. The third kappa shape index (κ3) is 2.79. The van der Waals surface area contributed by atoms with Crippen LogP contribution in [-0.2, 0) is 14.1 Å². The maximum atomic E-state index is 12.6. The van der Waals surface area contributed by atoms with Gasteiger partial charge in [0.2, 0.25) is 5.95 Å². The van der Waals surface area contributed by atoms with Gasteiger partial charge >= 0.3 is 0 Å². The Labute approximate surface area is 150 Å². The number of hydrogen-bond acceptors (Lipinski definition) is 7. The summed E-state index contributed by atoms with van der Waals surface area (Å²) in [5.74, 6) is 1.61. The van der Waals surface area contributed by atoms with Gasteiger partial charge in [-0.15, -0.1) is 0 Å². The summed E-state index contributed by atoms with van der Waals surface area (Å²) in [6.07, 6.45) is 6.99. The van der Waals surface area contributed by atoms with Crippen LogP contribution in [0.3, 0.4) is 0 Å². The van der Waals surface area contributed by atoms with E-state index < -0.39 is 0 Å². The fraction of sp³-hybridized carbons (Fsp3) is 0.471. The molecule has 4 rings (SSSR count). The zero-order valence-electron chi connectivity index (χ0n) is 15.2. The third-order valence-corrected chi connectivity index (χ3v) is 5.07. The van der Waals surface area contributed by atoms with E-state index in [1.807, 2.05) is 6.07 Å². The molecule has 26 heavy (non-hydrogen) atoms. The molecule has 0 atom stereocenters. The monoisotopic (exact) mass is 354 g/mol. The van der Waals surface area contributed by atoms with Crippen LogP contribution in [0, 0.1) is 0 Å². The Kier molecular flexibility index (Phi) is 4.06. The van der Waals surface area contributed by atoms with Crippen molar-refractivity contribution in [3.05, 3.63) is 35.1 Å². The quantitative estimate of drug-likeness (QED) is 0.679. The van der Waals surface area contributed by atoms with Crippen molar-refractivity contribution >= 4 is 22.8 Å². The smallest absolute Gasteiger partial charge is 0.265 e. The molecule has 0 saturated carbocycles. The first-order valence-corrected chi connectivity index (χ1v) is 8.69. The molecule has 0 unspecified atom stereocenters. The molecule has 1 fully saturated rings. The molecule has 0 radical (unpaired) electrons. The molecule has 1 aliphatic rings. The van der Waals surface area contributed by atoms with E-state index in [1.165, 1.54) is 0 Å². The van der Waals surface area contributed by atoms with Gasteiger partial charge in [-0.3, -0.25) is 14.0 Å². The Morgan fingerprint density at radius 2 is 2.00 bits per heavy atom. The molecule has 0 spiro atoms. The standard InChI is InChI=1S/C17H22N8O/c1-22-10-13-15(21-22)20-17(24(3)16(13)26)25-8-5-12(6-9-25)23(2)14-4-7-18-11-19-14/h4,7,10-12H,5-6,8-9H2,1-3H3. The van der Waals surface area contributed by atoms with Crippen molar-refractivity contribution in [1.82, 2.24) is 29.3 Å². The molecule has 0 N–H and O–H groups in total. The van der Waals surface area contributed by atoms with Crippen LogP contribution in [0.25, 0.3) is 11.0 Å². The topological polar surface area (TPSA) is 85.0 Å². The van der Waals surface area contributed by atoms with Gasteiger partial charge in [0, 0.05) is 52.7 Å². The second kappa shape index (κ2) is 6.40. The van der Waals surface area contributed by atoms with E-state index in [1.54, 1.807) is 42.1 Å². The molecule has 1 saturated heterocycles. The summed E-state index contributed by atoms with van der Waals surface area (Å²) in [6, 6.07) is 2.32. The second-order valence-corrected chi connectivity index (χ2v) is 6.71. The predicted molar refractivity (Wildman–Crippen MR) is 99.4 cm³/mol. The van der Waals surface area contributed by atoms with E-state index in [0.29, 0.717) is 23.0 Å². The predicted octanol–water partition coefficient (Wildman–Crippen LogP) is 0.562.